The predicted molar refractivity (Wildman–Crippen MR) is 71.4 cm³/mol. The second kappa shape index (κ2) is 7.26. The van der Waals surface area contributed by atoms with Crippen molar-refractivity contribution in [1.29, 1.82) is 0 Å². The number of ether oxygens (including phenoxy) is 2. The highest BCUT2D eigenvalue weighted by molar-refractivity contribution is 5.45. The van der Waals surface area contributed by atoms with Crippen LogP contribution in [0.3, 0.4) is 0 Å². The van der Waals surface area contributed by atoms with Crippen molar-refractivity contribution in [3.05, 3.63) is 33.9 Å². The highest BCUT2D eigenvalue weighted by Gasteiger charge is 2.35. The molecule has 0 heterocycles. The van der Waals surface area contributed by atoms with E-state index in [4.69, 9.17) is 4.74 Å². The van der Waals surface area contributed by atoms with E-state index in [-0.39, 0.29) is 5.60 Å². The fraction of sp³-hybridized carbons (Fsp3) is 0.538. The van der Waals surface area contributed by atoms with Gasteiger partial charge in [-0.05, 0) is 26.8 Å². The van der Waals surface area contributed by atoms with Gasteiger partial charge in [-0.2, -0.15) is 13.2 Å². The van der Waals surface area contributed by atoms with Gasteiger partial charge in [-0.3, -0.25) is 10.1 Å². The van der Waals surface area contributed by atoms with Gasteiger partial charge in [0.15, 0.2) is 0 Å². The molecule has 0 aliphatic heterocycles. The number of nitro groups is 1. The molecular weight excluding hydrogens is 291 g/mol. The van der Waals surface area contributed by atoms with Crippen LogP contribution in [-0.4, -0.2) is 24.7 Å². The molecule has 0 atom stereocenters. The lowest BCUT2D eigenvalue weighted by Gasteiger charge is -2.14. The van der Waals surface area contributed by atoms with E-state index in [0.717, 1.165) is 19.2 Å². The number of rotatable bonds is 2. The first-order valence-electron chi connectivity index (χ1n) is 5.87. The molecule has 21 heavy (non-hydrogen) atoms. The van der Waals surface area contributed by atoms with E-state index in [2.05, 4.69) is 4.74 Å². The average Bonchev–Trinajstić information content (AvgIpc) is 2.36. The molecule has 0 spiro atoms. The predicted octanol–water partition coefficient (Wildman–Crippen LogP) is 4.05. The Morgan fingerprint density at radius 1 is 1.14 bits per heavy atom. The van der Waals surface area contributed by atoms with E-state index in [0.29, 0.717) is 6.07 Å². The molecule has 0 aliphatic carbocycles. The summed E-state index contributed by atoms with van der Waals surface area (Å²) >= 11 is 0. The van der Waals surface area contributed by atoms with Crippen molar-refractivity contribution in [1.82, 2.24) is 0 Å². The Bertz CT molecular complexity index is 481. The first kappa shape index (κ1) is 19.2. The number of non-ortho nitro benzene ring substituents is 1. The van der Waals surface area contributed by atoms with E-state index in [9.17, 15) is 23.3 Å². The number of hydrogen-bond donors (Lipinski definition) is 0. The van der Waals surface area contributed by atoms with Crippen molar-refractivity contribution in [2.75, 3.05) is 14.2 Å². The Hall–Kier alpha value is -1.83. The zero-order valence-electron chi connectivity index (χ0n) is 12.4. The van der Waals surface area contributed by atoms with Crippen LogP contribution >= 0.6 is 0 Å². The van der Waals surface area contributed by atoms with Gasteiger partial charge >= 0.3 is 6.18 Å². The summed E-state index contributed by atoms with van der Waals surface area (Å²) in [4.78, 5) is 9.51. The molecular formula is C13H18F3NO4. The molecule has 0 radical (unpaired) electrons. The molecule has 0 aliphatic rings. The van der Waals surface area contributed by atoms with Crippen molar-refractivity contribution in [3.63, 3.8) is 0 Å². The van der Waals surface area contributed by atoms with Crippen LogP contribution in [-0.2, 0) is 10.9 Å². The van der Waals surface area contributed by atoms with Gasteiger partial charge in [0.1, 0.15) is 5.75 Å². The molecule has 8 heteroatoms. The Morgan fingerprint density at radius 3 is 1.90 bits per heavy atom. The third-order valence-electron chi connectivity index (χ3n) is 2.31. The summed E-state index contributed by atoms with van der Waals surface area (Å²) in [5, 5.41) is 10.3. The highest BCUT2D eigenvalue weighted by atomic mass is 19.4. The Morgan fingerprint density at radius 2 is 1.62 bits per heavy atom. The fourth-order valence-corrected chi connectivity index (χ4v) is 1.03. The zero-order valence-corrected chi connectivity index (χ0v) is 12.4. The topological polar surface area (TPSA) is 61.6 Å². The zero-order chi connectivity index (χ0) is 16.8. The van der Waals surface area contributed by atoms with Crippen molar-refractivity contribution < 1.29 is 27.6 Å². The molecule has 0 amide bonds. The lowest BCUT2D eigenvalue weighted by atomic mass is 10.2. The first-order chi connectivity index (χ1) is 9.42. The number of halogens is 3. The highest BCUT2D eigenvalue weighted by Crippen LogP contribution is 2.37. The van der Waals surface area contributed by atoms with Gasteiger partial charge in [-0.15, -0.1) is 0 Å². The van der Waals surface area contributed by atoms with Crippen LogP contribution in [0.2, 0.25) is 0 Å². The second-order valence-electron chi connectivity index (χ2n) is 4.96. The first-order valence-corrected chi connectivity index (χ1v) is 5.87. The molecule has 0 saturated carbocycles. The van der Waals surface area contributed by atoms with Crippen molar-refractivity contribution >= 4 is 5.69 Å². The minimum absolute atomic E-state index is 0.0417. The summed E-state index contributed by atoms with van der Waals surface area (Å²) in [6.07, 6.45) is -4.58. The van der Waals surface area contributed by atoms with Crippen molar-refractivity contribution in [3.8, 4) is 5.75 Å². The van der Waals surface area contributed by atoms with E-state index in [1.54, 1.807) is 7.11 Å². The Kier molecular flexibility index (Phi) is 6.62. The van der Waals surface area contributed by atoms with Gasteiger partial charge in [0.05, 0.1) is 29.3 Å². The Balaban J connectivity index is 0.000000567. The number of methoxy groups -OCH3 is 2. The molecule has 1 aromatic rings. The van der Waals surface area contributed by atoms with E-state index in [1.807, 2.05) is 20.8 Å². The molecule has 1 aromatic carbocycles. The summed E-state index contributed by atoms with van der Waals surface area (Å²) in [6, 6.07) is 2.14. The fourth-order valence-electron chi connectivity index (χ4n) is 1.03. The maximum absolute atomic E-state index is 12.3. The smallest absolute Gasteiger partial charge is 0.419 e. The molecule has 0 fully saturated rings. The molecule has 0 unspecified atom stereocenters. The van der Waals surface area contributed by atoms with Crippen molar-refractivity contribution in [2.24, 2.45) is 0 Å². The van der Waals surface area contributed by atoms with E-state index >= 15 is 0 Å². The summed E-state index contributed by atoms with van der Waals surface area (Å²) < 4.78 is 46.3. The maximum Gasteiger partial charge on any atom is 0.419 e. The average molecular weight is 309 g/mol. The van der Waals surface area contributed by atoms with Gasteiger partial charge < -0.3 is 9.47 Å². The molecule has 1 rings (SSSR count). The van der Waals surface area contributed by atoms with Gasteiger partial charge in [0.25, 0.3) is 5.69 Å². The van der Waals surface area contributed by atoms with Gasteiger partial charge in [-0.1, -0.05) is 0 Å². The summed E-state index contributed by atoms with van der Waals surface area (Å²) in [5.74, 6) is -0.559. The van der Waals surface area contributed by atoms with Gasteiger partial charge in [0, 0.05) is 13.2 Å². The van der Waals surface area contributed by atoms with Crippen LogP contribution in [0, 0.1) is 10.1 Å². The van der Waals surface area contributed by atoms with Crippen LogP contribution in [0.4, 0.5) is 18.9 Å². The van der Waals surface area contributed by atoms with Crippen molar-refractivity contribution in [2.45, 2.75) is 32.5 Å². The lowest BCUT2D eigenvalue weighted by Crippen LogP contribution is -2.15. The van der Waals surface area contributed by atoms with Gasteiger partial charge in [0.2, 0.25) is 0 Å². The number of alkyl halides is 3. The number of benzene rings is 1. The third kappa shape index (κ3) is 6.94. The summed E-state index contributed by atoms with van der Waals surface area (Å²) in [5.41, 5.74) is -1.43. The molecule has 120 valence electrons. The SMILES string of the molecule is COC(C)(C)C.COc1cc([N+](=O)[O-])ccc1C(F)(F)F. The number of hydrogen-bond acceptors (Lipinski definition) is 4. The largest absolute Gasteiger partial charge is 0.496 e. The minimum atomic E-state index is -4.58. The lowest BCUT2D eigenvalue weighted by molar-refractivity contribution is -0.385. The van der Waals surface area contributed by atoms with Crippen LogP contribution in [0.1, 0.15) is 26.3 Å². The third-order valence-corrected chi connectivity index (χ3v) is 2.31. The number of nitro benzene ring substituents is 1. The standard InChI is InChI=1S/C8H6F3NO3.C5H12O/c1-15-7-4-5(12(13)14)2-3-6(7)8(9,10)11;1-5(2,3)6-4/h2-4H,1H3;1-4H3. The van der Waals surface area contributed by atoms with Crippen LogP contribution in [0.25, 0.3) is 0 Å². The molecule has 0 saturated heterocycles. The molecule has 5 nitrogen and oxygen atoms in total. The van der Waals surface area contributed by atoms with Crippen LogP contribution in [0.15, 0.2) is 18.2 Å². The number of nitrogens with zero attached hydrogens (tertiary/aromatic N) is 1. The monoisotopic (exact) mass is 309 g/mol. The normalized spacial score (nSPS) is 11.4. The van der Waals surface area contributed by atoms with Crippen LogP contribution < -0.4 is 4.74 Å². The van der Waals surface area contributed by atoms with Crippen LogP contribution in [0.5, 0.6) is 5.75 Å². The van der Waals surface area contributed by atoms with E-state index in [1.165, 1.54) is 0 Å². The quantitative estimate of drug-likeness (QED) is 0.610. The van der Waals surface area contributed by atoms with Gasteiger partial charge in [-0.25, -0.2) is 0 Å². The second-order valence-corrected chi connectivity index (χ2v) is 4.96. The Labute approximate surface area is 120 Å². The summed E-state index contributed by atoms with van der Waals surface area (Å²) in [7, 11) is 2.73. The maximum atomic E-state index is 12.3. The van der Waals surface area contributed by atoms with E-state index < -0.39 is 28.1 Å². The molecule has 0 N–H and O–H groups in total. The molecule has 0 aromatic heterocycles. The minimum Gasteiger partial charge on any atom is -0.496 e. The molecule has 0 bridgehead atoms. The summed E-state index contributed by atoms with van der Waals surface area (Å²) in [6.45, 7) is 6.06.